The van der Waals surface area contributed by atoms with Gasteiger partial charge >= 0.3 is 0 Å². The van der Waals surface area contributed by atoms with Crippen LogP contribution in [0.2, 0.25) is 0 Å². The number of ether oxygens (including phenoxy) is 1. The fourth-order valence-corrected chi connectivity index (χ4v) is 1.91. The summed E-state index contributed by atoms with van der Waals surface area (Å²) in [5, 5.41) is 0.514. The monoisotopic (exact) mass is 294 g/mol. The van der Waals surface area contributed by atoms with Crippen molar-refractivity contribution in [3.8, 4) is 0 Å². The molecule has 1 unspecified atom stereocenters. The number of thiocarbonyl (C=S) groups is 1. The van der Waals surface area contributed by atoms with Crippen LogP contribution in [0.15, 0.2) is 12.2 Å². The van der Waals surface area contributed by atoms with Crippen LogP contribution in [-0.4, -0.2) is 28.7 Å². The van der Waals surface area contributed by atoms with E-state index in [9.17, 15) is 4.21 Å². The first-order valence-corrected chi connectivity index (χ1v) is 7.48. The van der Waals surface area contributed by atoms with Crippen LogP contribution in [0.1, 0.15) is 46.5 Å². The average Bonchev–Trinajstić information content (AvgIpc) is 2.31. The van der Waals surface area contributed by atoms with Gasteiger partial charge in [-0.1, -0.05) is 33.3 Å². The van der Waals surface area contributed by atoms with Crippen LogP contribution in [0.25, 0.3) is 0 Å². The molecule has 0 radical (unpaired) electrons. The SMILES string of the molecule is C.C=C(C)C(=S)OCCCCCCCS(=O)OC. The molecule has 0 aromatic rings. The average molecular weight is 294 g/mol. The summed E-state index contributed by atoms with van der Waals surface area (Å²) in [5.74, 6) is 0.632. The molecular formula is C13H26O3S2. The minimum absolute atomic E-state index is 0. The lowest BCUT2D eigenvalue weighted by Gasteiger charge is -2.06. The number of hydrogen-bond acceptors (Lipinski definition) is 4. The second-order valence-corrected chi connectivity index (χ2v) is 5.58. The van der Waals surface area contributed by atoms with Gasteiger partial charge in [-0.05, 0) is 37.6 Å². The molecule has 0 amide bonds. The molecule has 5 heteroatoms. The second-order valence-electron chi connectivity index (χ2n) is 3.86. The third-order valence-electron chi connectivity index (χ3n) is 2.22. The van der Waals surface area contributed by atoms with Crippen LogP contribution in [-0.2, 0) is 20.0 Å². The summed E-state index contributed by atoms with van der Waals surface area (Å²) in [6.07, 6.45) is 5.27. The van der Waals surface area contributed by atoms with Crippen molar-refractivity contribution in [2.24, 2.45) is 0 Å². The van der Waals surface area contributed by atoms with Gasteiger partial charge in [-0.25, -0.2) is 4.21 Å². The van der Waals surface area contributed by atoms with Gasteiger partial charge in [-0.2, -0.15) is 0 Å². The molecule has 108 valence electrons. The first kappa shape index (κ1) is 20.1. The number of rotatable bonds is 10. The van der Waals surface area contributed by atoms with Gasteiger partial charge in [0.25, 0.3) is 0 Å². The molecule has 0 spiro atoms. The summed E-state index contributed by atoms with van der Waals surface area (Å²) >= 11 is 3.87. The predicted molar refractivity (Wildman–Crippen MR) is 83.2 cm³/mol. The summed E-state index contributed by atoms with van der Waals surface area (Å²) in [5.41, 5.74) is 0.807. The molecule has 0 aliphatic heterocycles. The van der Waals surface area contributed by atoms with Crippen molar-refractivity contribution in [3.63, 3.8) is 0 Å². The van der Waals surface area contributed by atoms with Gasteiger partial charge in [0.1, 0.15) is 0 Å². The highest BCUT2D eigenvalue weighted by atomic mass is 32.2. The van der Waals surface area contributed by atoms with E-state index in [-0.39, 0.29) is 7.43 Å². The maximum Gasteiger partial charge on any atom is 0.186 e. The Morgan fingerprint density at radius 2 is 1.78 bits per heavy atom. The van der Waals surface area contributed by atoms with E-state index in [1.54, 1.807) is 0 Å². The van der Waals surface area contributed by atoms with E-state index in [2.05, 4.69) is 10.8 Å². The third kappa shape index (κ3) is 12.2. The molecule has 0 aromatic heterocycles. The molecule has 0 heterocycles. The first-order valence-electron chi connectivity index (χ1n) is 5.83. The van der Waals surface area contributed by atoms with Gasteiger partial charge in [0.05, 0.1) is 13.7 Å². The Hall–Kier alpha value is -0.260. The maximum atomic E-state index is 10.9. The maximum absolute atomic E-state index is 10.9. The summed E-state index contributed by atoms with van der Waals surface area (Å²) in [4.78, 5) is 0. The number of hydrogen-bond donors (Lipinski definition) is 0. The molecule has 0 aliphatic carbocycles. The van der Waals surface area contributed by atoms with Crippen molar-refractivity contribution in [1.29, 1.82) is 0 Å². The van der Waals surface area contributed by atoms with E-state index < -0.39 is 11.1 Å². The summed E-state index contributed by atoms with van der Waals surface area (Å²) in [6.45, 7) is 6.22. The third-order valence-corrected chi connectivity index (χ3v) is 3.68. The summed E-state index contributed by atoms with van der Waals surface area (Å²) in [6, 6.07) is 0. The van der Waals surface area contributed by atoms with Gasteiger partial charge in [0.15, 0.2) is 16.1 Å². The van der Waals surface area contributed by atoms with Gasteiger partial charge in [0, 0.05) is 5.75 Å². The summed E-state index contributed by atoms with van der Waals surface area (Å²) < 4.78 is 20.9. The van der Waals surface area contributed by atoms with E-state index in [0.29, 0.717) is 17.4 Å². The van der Waals surface area contributed by atoms with Crippen molar-refractivity contribution in [2.45, 2.75) is 46.5 Å². The highest BCUT2D eigenvalue weighted by molar-refractivity contribution is 7.80. The van der Waals surface area contributed by atoms with Crippen LogP contribution in [0.4, 0.5) is 0 Å². The quantitative estimate of drug-likeness (QED) is 0.349. The first-order chi connectivity index (χ1) is 8.07. The summed E-state index contributed by atoms with van der Waals surface area (Å²) in [7, 11) is 1.47. The van der Waals surface area contributed by atoms with Crippen molar-refractivity contribution in [2.75, 3.05) is 19.5 Å². The van der Waals surface area contributed by atoms with Crippen LogP contribution >= 0.6 is 12.2 Å². The Morgan fingerprint density at radius 1 is 1.22 bits per heavy atom. The van der Waals surface area contributed by atoms with Crippen molar-refractivity contribution in [3.05, 3.63) is 12.2 Å². The minimum Gasteiger partial charge on any atom is -0.483 e. The van der Waals surface area contributed by atoms with Gasteiger partial charge in [-0.15, -0.1) is 0 Å². The molecule has 0 saturated carbocycles. The van der Waals surface area contributed by atoms with E-state index >= 15 is 0 Å². The highest BCUT2D eigenvalue weighted by Gasteiger charge is 1.99. The molecule has 18 heavy (non-hydrogen) atoms. The van der Waals surface area contributed by atoms with Crippen molar-refractivity contribution >= 4 is 28.3 Å². The minimum atomic E-state index is -1.10. The molecular weight excluding hydrogens is 268 g/mol. The predicted octanol–water partition coefficient (Wildman–Crippen LogP) is 3.80. The lowest BCUT2D eigenvalue weighted by atomic mass is 10.2. The standard InChI is InChI=1S/C12H22O3S2.CH4/c1-11(2)12(16)15-9-7-5-4-6-8-10-17(13)14-3;/h1,4-10H2,2-3H3;1H4. The van der Waals surface area contributed by atoms with E-state index in [1.807, 2.05) is 6.92 Å². The van der Waals surface area contributed by atoms with E-state index in [0.717, 1.165) is 37.7 Å². The van der Waals surface area contributed by atoms with Crippen LogP contribution < -0.4 is 0 Å². The Kier molecular flexibility index (Phi) is 14.7. The zero-order valence-electron chi connectivity index (χ0n) is 10.7. The Morgan fingerprint density at radius 3 is 2.33 bits per heavy atom. The van der Waals surface area contributed by atoms with Crippen LogP contribution in [0.3, 0.4) is 0 Å². The lowest BCUT2D eigenvalue weighted by Crippen LogP contribution is -2.03. The van der Waals surface area contributed by atoms with Crippen LogP contribution in [0.5, 0.6) is 0 Å². The molecule has 0 saturated heterocycles. The fraction of sp³-hybridized carbons (Fsp3) is 0.769. The van der Waals surface area contributed by atoms with Gasteiger partial charge < -0.3 is 4.74 Å². The second kappa shape index (κ2) is 13.2. The molecule has 0 N–H and O–H groups in total. The zero-order valence-corrected chi connectivity index (χ0v) is 12.3. The Balaban J connectivity index is 0. The lowest BCUT2D eigenvalue weighted by molar-refractivity contribution is 0.300. The number of unbranched alkanes of at least 4 members (excludes halogenated alkanes) is 4. The molecule has 0 bridgehead atoms. The normalized spacial score (nSPS) is 11.4. The van der Waals surface area contributed by atoms with Gasteiger partial charge in [-0.3, -0.25) is 4.18 Å². The molecule has 0 aliphatic rings. The topological polar surface area (TPSA) is 35.5 Å². The molecule has 0 aromatic carbocycles. The van der Waals surface area contributed by atoms with Crippen molar-refractivity contribution in [1.82, 2.24) is 0 Å². The molecule has 0 rings (SSSR count). The molecule has 1 atom stereocenters. The zero-order chi connectivity index (χ0) is 13.1. The highest BCUT2D eigenvalue weighted by Crippen LogP contribution is 2.05. The fourth-order valence-electron chi connectivity index (χ4n) is 1.22. The Bertz CT molecular complexity index is 265. The van der Waals surface area contributed by atoms with Gasteiger partial charge in [0.2, 0.25) is 0 Å². The molecule has 3 nitrogen and oxygen atoms in total. The Labute approximate surface area is 120 Å². The van der Waals surface area contributed by atoms with Crippen molar-refractivity contribution < 1.29 is 13.1 Å². The van der Waals surface area contributed by atoms with E-state index in [1.165, 1.54) is 7.11 Å². The van der Waals surface area contributed by atoms with E-state index in [4.69, 9.17) is 17.0 Å². The van der Waals surface area contributed by atoms with Crippen LogP contribution in [0, 0.1) is 0 Å². The molecule has 0 fully saturated rings. The smallest absolute Gasteiger partial charge is 0.186 e. The largest absolute Gasteiger partial charge is 0.483 e.